The van der Waals surface area contributed by atoms with Gasteiger partial charge in [-0.3, -0.25) is 4.90 Å². The van der Waals surface area contributed by atoms with Crippen molar-refractivity contribution in [3.05, 3.63) is 0 Å². The Morgan fingerprint density at radius 1 is 1.57 bits per heavy atom. The summed E-state index contributed by atoms with van der Waals surface area (Å²) in [7, 11) is 0. The minimum atomic E-state index is -0.709. The molecule has 2 N–H and O–H groups in total. The van der Waals surface area contributed by atoms with E-state index in [1.807, 2.05) is 0 Å². The molecule has 1 rings (SSSR count). The van der Waals surface area contributed by atoms with Gasteiger partial charge in [0.2, 0.25) is 0 Å². The first kappa shape index (κ1) is 11.5. The van der Waals surface area contributed by atoms with Crippen molar-refractivity contribution in [1.29, 1.82) is 5.26 Å². The Labute approximate surface area is 86.9 Å². The minimum Gasteiger partial charge on any atom is -0.313 e. The minimum absolute atomic E-state index is 0.479. The monoisotopic (exact) mass is 195 g/mol. The molecule has 0 aromatic heterocycles. The fourth-order valence-electron chi connectivity index (χ4n) is 1.55. The van der Waals surface area contributed by atoms with Crippen molar-refractivity contribution in [3.63, 3.8) is 0 Å². The van der Waals surface area contributed by atoms with Crippen LogP contribution in [-0.4, -0.2) is 29.6 Å². The molecule has 0 spiro atoms. The molecule has 1 atom stereocenters. The van der Waals surface area contributed by atoms with E-state index < -0.39 is 5.54 Å². The summed E-state index contributed by atoms with van der Waals surface area (Å²) < 4.78 is 0. The number of hydrogen-bond acceptors (Lipinski definition) is 3. The molecule has 14 heavy (non-hydrogen) atoms. The van der Waals surface area contributed by atoms with Gasteiger partial charge in [0.25, 0.3) is 0 Å². The lowest BCUT2D eigenvalue weighted by Gasteiger charge is -2.31. The zero-order valence-electron chi connectivity index (χ0n) is 9.45. The van der Waals surface area contributed by atoms with Crippen LogP contribution in [0.5, 0.6) is 0 Å². The van der Waals surface area contributed by atoms with Gasteiger partial charge in [0.15, 0.2) is 0 Å². The molecule has 0 saturated heterocycles. The molecule has 0 bridgehead atoms. The summed E-state index contributed by atoms with van der Waals surface area (Å²) in [5, 5.41) is 8.87. The molecular weight excluding hydrogens is 174 g/mol. The summed E-state index contributed by atoms with van der Waals surface area (Å²) in [5.41, 5.74) is 5.14. The molecule has 80 valence electrons. The fraction of sp³-hybridized carbons (Fsp3) is 0.909. The van der Waals surface area contributed by atoms with Crippen LogP contribution in [0.15, 0.2) is 0 Å². The highest BCUT2D eigenvalue weighted by molar-refractivity contribution is 5.03. The third-order valence-electron chi connectivity index (χ3n) is 2.71. The summed E-state index contributed by atoms with van der Waals surface area (Å²) in [5.74, 6) is 0.854. The molecule has 0 aliphatic heterocycles. The molecule has 0 amide bonds. The van der Waals surface area contributed by atoms with Crippen LogP contribution in [0.25, 0.3) is 0 Å². The fourth-order valence-corrected chi connectivity index (χ4v) is 1.55. The lowest BCUT2D eigenvalue weighted by Crippen LogP contribution is -2.49. The Kier molecular flexibility index (Phi) is 3.52. The maximum atomic E-state index is 8.87. The Hall–Kier alpha value is -0.590. The Morgan fingerprint density at radius 2 is 2.14 bits per heavy atom. The van der Waals surface area contributed by atoms with Crippen molar-refractivity contribution >= 4 is 0 Å². The topological polar surface area (TPSA) is 53.0 Å². The molecule has 0 aromatic carbocycles. The van der Waals surface area contributed by atoms with Gasteiger partial charge in [0.05, 0.1) is 6.07 Å². The smallest absolute Gasteiger partial charge is 0.114 e. The molecule has 0 radical (unpaired) electrons. The van der Waals surface area contributed by atoms with Crippen LogP contribution in [0.1, 0.15) is 33.6 Å². The lowest BCUT2D eigenvalue weighted by molar-refractivity contribution is 0.187. The van der Waals surface area contributed by atoms with Gasteiger partial charge in [-0.25, -0.2) is 0 Å². The SMILES string of the molecule is CC(C)N(CC1CC1)CC(C)(N)C#N. The van der Waals surface area contributed by atoms with Crippen LogP contribution >= 0.6 is 0 Å². The molecule has 1 unspecified atom stereocenters. The van der Waals surface area contributed by atoms with E-state index in [4.69, 9.17) is 11.0 Å². The quantitative estimate of drug-likeness (QED) is 0.720. The van der Waals surface area contributed by atoms with Gasteiger partial charge >= 0.3 is 0 Å². The maximum Gasteiger partial charge on any atom is 0.114 e. The van der Waals surface area contributed by atoms with Gasteiger partial charge in [-0.1, -0.05) is 0 Å². The largest absolute Gasteiger partial charge is 0.313 e. The van der Waals surface area contributed by atoms with E-state index in [-0.39, 0.29) is 0 Å². The second-order valence-corrected chi connectivity index (χ2v) is 5.00. The van der Waals surface area contributed by atoms with Gasteiger partial charge in [-0.2, -0.15) is 5.26 Å². The van der Waals surface area contributed by atoms with Gasteiger partial charge < -0.3 is 5.73 Å². The van der Waals surface area contributed by atoms with E-state index >= 15 is 0 Å². The Morgan fingerprint density at radius 3 is 2.50 bits per heavy atom. The highest BCUT2D eigenvalue weighted by Gasteiger charge is 2.29. The number of rotatable bonds is 5. The van der Waals surface area contributed by atoms with Crippen LogP contribution < -0.4 is 5.73 Å². The zero-order chi connectivity index (χ0) is 10.8. The third-order valence-corrected chi connectivity index (χ3v) is 2.71. The first-order valence-corrected chi connectivity index (χ1v) is 5.39. The molecule has 3 heteroatoms. The van der Waals surface area contributed by atoms with Crippen molar-refractivity contribution in [2.24, 2.45) is 11.7 Å². The van der Waals surface area contributed by atoms with Crippen molar-refractivity contribution in [2.75, 3.05) is 13.1 Å². The summed E-state index contributed by atoms with van der Waals surface area (Å²) in [6.45, 7) is 7.91. The Balaban J connectivity index is 2.46. The summed E-state index contributed by atoms with van der Waals surface area (Å²) in [4.78, 5) is 2.32. The predicted molar refractivity (Wildman–Crippen MR) is 57.6 cm³/mol. The Bertz CT molecular complexity index is 223. The maximum absolute atomic E-state index is 8.87. The predicted octanol–water partition coefficient (Wildman–Crippen LogP) is 1.35. The standard InChI is InChI=1S/C11H21N3/c1-9(2)14(6-10-4-5-10)8-11(3,13)7-12/h9-10H,4-6,8,13H2,1-3H3. The van der Waals surface area contributed by atoms with E-state index in [1.54, 1.807) is 6.92 Å². The number of nitrogens with two attached hydrogens (primary N) is 1. The molecular formula is C11H21N3. The molecule has 1 aliphatic rings. The van der Waals surface area contributed by atoms with Gasteiger partial charge in [0, 0.05) is 19.1 Å². The molecule has 1 aliphatic carbocycles. The molecule has 1 saturated carbocycles. The third kappa shape index (κ3) is 3.65. The summed E-state index contributed by atoms with van der Waals surface area (Å²) in [6, 6.07) is 2.63. The summed E-state index contributed by atoms with van der Waals surface area (Å²) in [6.07, 6.45) is 2.69. The second-order valence-electron chi connectivity index (χ2n) is 5.00. The van der Waals surface area contributed by atoms with Crippen molar-refractivity contribution in [2.45, 2.75) is 45.2 Å². The van der Waals surface area contributed by atoms with Crippen molar-refractivity contribution < 1.29 is 0 Å². The van der Waals surface area contributed by atoms with Crippen LogP contribution in [0.2, 0.25) is 0 Å². The molecule has 0 heterocycles. The van der Waals surface area contributed by atoms with E-state index in [1.165, 1.54) is 12.8 Å². The first-order chi connectivity index (χ1) is 6.44. The molecule has 1 fully saturated rings. The van der Waals surface area contributed by atoms with Gasteiger partial charge in [-0.05, 0) is 39.5 Å². The average molecular weight is 195 g/mol. The second kappa shape index (κ2) is 4.29. The number of nitriles is 1. The van der Waals surface area contributed by atoms with E-state index in [0.29, 0.717) is 12.6 Å². The van der Waals surface area contributed by atoms with E-state index in [0.717, 1.165) is 12.5 Å². The van der Waals surface area contributed by atoms with Crippen LogP contribution in [0, 0.1) is 17.2 Å². The highest BCUT2D eigenvalue weighted by atomic mass is 15.2. The highest BCUT2D eigenvalue weighted by Crippen LogP contribution is 2.30. The van der Waals surface area contributed by atoms with E-state index in [9.17, 15) is 0 Å². The van der Waals surface area contributed by atoms with Gasteiger partial charge in [0.1, 0.15) is 5.54 Å². The van der Waals surface area contributed by atoms with Crippen LogP contribution in [0.3, 0.4) is 0 Å². The van der Waals surface area contributed by atoms with E-state index in [2.05, 4.69) is 24.8 Å². The lowest BCUT2D eigenvalue weighted by atomic mass is 10.0. The van der Waals surface area contributed by atoms with Crippen LogP contribution in [-0.2, 0) is 0 Å². The average Bonchev–Trinajstić information content (AvgIpc) is 2.86. The molecule has 0 aromatic rings. The first-order valence-electron chi connectivity index (χ1n) is 5.39. The van der Waals surface area contributed by atoms with Gasteiger partial charge in [-0.15, -0.1) is 0 Å². The van der Waals surface area contributed by atoms with Crippen molar-refractivity contribution in [3.8, 4) is 6.07 Å². The molecule has 3 nitrogen and oxygen atoms in total. The van der Waals surface area contributed by atoms with Crippen molar-refractivity contribution in [1.82, 2.24) is 4.90 Å². The van der Waals surface area contributed by atoms with Crippen LogP contribution in [0.4, 0.5) is 0 Å². The normalized spacial score (nSPS) is 20.9. The number of hydrogen-bond donors (Lipinski definition) is 1. The summed E-state index contributed by atoms with van der Waals surface area (Å²) >= 11 is 0. The zero-order valence-corrected chi connectivity index (χ0v) is 9.45. The number of nitrogens with zero attached hydrogens (tertiary/aromatic N) is 2.